The molecule has 6 nitrogen and oxygen atoms in total. The summed E-state index contributed by atoms with van der Waals surface area (Å²) in [6, 6.07) is 8.26. The van der Waals surface area contributed by atoms with E-state index in [1.54, 1.807) is 6.07 Å². The molecule has 1 aliphatic rings. The van der Waals surface area contributed by atoms with Crippen LogP contribution in [-0.4, -0.2) is 38.4 Å². The van der Waals surface area contributed by atoms with Crippen LogP contribution < -0.4 is 20.4 Å². The number of morpholine rings is 1. The molecule has 1 amide bonds. The second kappa shape index (κ2) is 8.53. The molecule has 0 spiro atoms. The van der Waals surface area contributed by atoms with Gasteiger partial charge in [0.25, 0.3) is 5.69 Å². The van der Waals surface area contributed by atoms with Crippen molar-refractivity contribution in [3.63, 3.8) is 0 Å². The van der Waals surface area contributed by atoms with Gasteiger partial charge in [0.05, 0.1) is 24.5 Å². The summed E-state index contributed by atoms with van der Waals surface area (Å²) in [5.41, 5.74) is 0.493. The van der Waals surface area contributed by atoms with E-state index in [0.29, 0.717) is 18.7 Å². The maximum atomic E-state index is 14.4. The van der Waals surface area contributed by atoms with E-state index in [0.717, 1.165) is 6.54 Å². The van der Waals surface area contributed by atoms with Gasteiger partial charge in [-0.1, -0.05) is 6.07 Å². The highest BCUT2D eigenvalue weighted by molar-refractivity contribution is 6.01. The highest BCUT2D eigenvalue weighted by Gasteiger charge is 2.30. The summed E-state index contributed by atoms with van der Waals surface area (Å²) in [5.74, 6) is -1.60. The first-order valence-electron chi connectivity index (χ1n) is 8.47. The lowest BCUT2D eigenvalue weighted by molar-refractivity contribution is -0.401. The zero-order chi connectivity index (χ0) is 20.1. The fraction of sp³-hybridized carbons (Fsp3) is 0.333. The minimum atomic E-state index is -4.51. The predicted molar refractivity (Wildman–Crippen MR) is 90.5 cm³/mol. The van der Waals surface area contributed by atoms with Gasteiger partial charge in [-0.2, -0.15) is 18.2 Å². The second-order valence-electron chi connectivity index (χ2n) is 6.09. The molecular formula is C18H18F4N3O3+. The number of carbonyl (C=O) groups excluding carboxylic acids is 1. The van der Waals surface area contributed by atoms with Gasteiger partial charge in [-0.25, -0.2) is 4.39 Å². The number of anilines is 1. The lowest BCUT2D eigenvalue weighted by Gasteiger charge is -2.24. The zero-order valence-electron chi connectivity index (χ0n) is 14.6. The van der Waals surface area contributed by atoms with E-state index in [2.05, 4.69) is 20.4 Å². The van der Waals surface area contributed by atoms with Gasteiger partial charge in [0.2, 0.25) is 0 Å². The van der Waals surface area contributed by atoms with E-state index in [4.69, 9.17) is 4.74 Å². The number of aromatic nitrogens is 1. The van der Waals surface area contributed by atoms with Crippen LogP contribution in [0.1, 0.15) is 22.2 Å². The number of alkyl halides is 3. The third-order valence-corrected chi connectivity index (χ3v) is 3.95. The monoisotopic (exact) mass is 400 g/mol. The third-order valence-electron chi connectivity index (χ3n) is 3.95. The number of hydrogen-bond donors (Lipinski definition) is 2. The SMILES string of the molecule is O=C(Nc1ccc([C@@H]2CNCCO2)cc1F)c1cccc(OCC(F)(F)F)[nH+]1. The van der Waals surface area contributed by atoms with Gasteiger partial charge in [0.15, 0.2) is 6.61 Å². The molecule has 28 heavy (non-hydrogen) atoms. The smallest absolute Gasteiger partial charge is 0.422 e. The van der Waals surface area contributed by atoms with Crippen LogP contribution in [-0.2, 0) is 4.74 Å². The number of ether oxygens (including phenoxy) is 2. The van der Waals surface area contributed by atoms with E-state index in [1.165, 1.54) is 30.3 Å². The van der Waals surface area contributed by atoms with E-state index in [-0.39, 0.29) is 23.4 Å². The van der Waals surface area contributed by atoms with Crippen molar-refractivity contribution in [2.45, 2.75) is 12.3 Å². The molecule has 1 saturated heterocycles. The van der Waals surface area contributed by atoms with Crippen LogP contribution in [0.15, 0.2) is 36.4 Å². The Morgan fingerprint density at radius 2 is 2.14 bits per heavy atom. The summed E-state index contributed by atoms with van der Waals surface area (Å²) in [7, 11) is 0. The average Bonchev–Trinajstić information content (AvgIpc) is 2.68. The third kappa shape index (κ3) is 5.40. The summed E-state index contributed by atoms with van der Waals surface area (Å²) in [5, 5.41) is 5.52. The summed E-state index contributed by atoms with van der Waals surface area (Å²) in [4.78, 5) is 14.7. The number of rotatable bonds is 5. The fourth-order valence-corrected chi connectivity index (χ4v) is 2.63. The van der Waals surface area contributed by atoms with Crippen molar-refractivity contribution in [3.8, 4) is 5.88 Å². The van der Waals surface area contributed by atoms with Crippen molar-refractivity contribution in [2.24, 2.45) is 0 Å². The molecule has 1 fully saturated rings. The summed E-state index contributed by atoms with van der Waals surface area (Å²) < 4.78 is 61.2. The van der Waals surface area contributed by atoms with Crippen LogP contribution in [0, 0.1) is 5.82 Å². The Bertz CT molecular complexity index is 839. The molecule has 0 bridgehead atoms. The lowest BCUT2D eigenvalue weighted by Crippen LogP contribution is -2.33. The van der Waals surface area contributed by atoms with E-state index in [1.807, 2.05) is 0 Å². The molecule has 0 unspecified atom stereocenters. The number of H-pyrrole nitrogens is 1. The first kappa shape index (κ1) is 20.0. The topological polar surface area (TPSA) is 73.7 Å². The number of nitrogens with one attached hydrogen (secondary N) is 3. The molecule has 2 heterocycles. The molecule has 3 rings (SSSR count). The quantitative estimate of drug-likeness (QED) is 0.757. The van der Waals surface area contributed by atoms with Crippen molar-refractivity contribution in [3.05, 3.63) is 53.5 Å². The van der Waals surface area contributed by atoms with Gasteiger partial charge in [0, 0.05) is 19.2 Å². The van der Waals surface area contributed by atoms with Crippen molar-refractivity contribution < 1.29 is 36.8 Å². The number of benzene rings is 1. The Morgan fingerprint density at radius 3 is 2.82 bits per heavy atom. The number of carbonyl (C=O) groups is 1. The Labute approximate surface area is 157 Å². The van der Waals surface area contributed by atoms with E-state index < -0.39 is 24.5 Å². The molecule has 2 aromatic rings. The first-order chi connectivity index (χ1) is 13.3. The number of hydrogen-bond acceptors (Lipinski definition) is 4. The highest BCUT2D eigenvalue weighted by Crippen LogP contribution is 2.24. The van der Waals surface area contributed by atoms with Crippen LogP contribution in [0.4, 0.5) is 23.2 Å². The van der Waals surface area contributed by atoms with Gasteiger partial charge in [0.1, 0.15) is 5.82 Å². The van der Waals surface area contributed by atoms with Crippen LogP contribution in [0.3, 0.4) is 0 Å². The minimum absolute atomic E-state index is 0.0625. The highest BCUT2D eigenvalue weighted by atomic mass is 19.4. The molecule has 3 N–H and O–H groups in total. The largest absolute Gasteiger partial charge is 0.435 e. The minimum Gasteiger partial charge on any atom is -0.435 e. The van der Waals surface area contributed by atoms with Crippen molar-refractivity contribution in [1.29, 1.82) is 0 Å². The van der Waals surface area contributed by atoms with Crippen LogP contribution in [0.25, 0.3) is 0 Å². The standard InChI is InChI=1S/C18H17F4N3O3/c19-12-8-11(15-9-23-6-7-27-15)4-5-13(12)25-17(26)14-2-1-3-16(24-14)28-10-18(20,21)22/h1-5,8,15,23H,6-7,9-10H2,(H,25,26)/p+1/t15-/m0/s1. The van der Waals surface area contributed by atoms with Gasteiger partial charge in [-0.15, -0.1) is 0 Å². The zero-order valence-corrected chi connectivity index (χ0v) is 14.6. The summed E-state index contributed by atoms with van der Waals surface area (Å²) in [6.07, 6.45) is -4.78. The first-order valence-corrected chi connectivity index (χ1v) is 8.47. The Balaban J connectivity index is 1.67. The number of aromatic amines is 1. The maximum Gasteiger partial charge on any atom is 0.422 e. The Hall–Kier alpha value is -2.72. The van der Waals surface area contributed by atoms with Gasteiger partial charge < -0.3 is 20.1 Å². The lowest BCUT2D eigenvalue weighted by atomic mass is 10.1. The molecule has 1 aromatic carbocycles. The normalized spacial score (nSPS) is 17.2. The molecule has 1 aliphatic heterocycles. The molecule has 0 radical (unpaired) electrons. The van der Waals surface area contributed by atoms with Crippen LogP contribution >= 0.6 is 0 Å². The van der Waals surface area contributed by atoms with Crippen molar-refractivity contribution >= 4 is 11.6 Å². The van der Waals surface area contributed by atoms with Gasteiger partial charge in [-0.05, 0) is 23.8 Å². The molecule has 1 aromatic heterocycles. The van der Waals surface area contributed by atoms with Crippen molar-refractivity contribution in [2.75, 3.05) is 31.6 Å². The molecule has 150 valence electrons. The number of halogens is 4. The van der Waals surface area contributed by atoms with Crippen molar-refractivity contribution in [1.82, 2.24) is 5.32 Å². The number of pyridine rings is 1. The van der Waals surface area contributed by atoms with Crippen LogP contribution in [0.2, 0.25) is 0 Å². The van der Waals surface area contributed by atoms with E-state index >= 15 is 0 Å². The Kier molecular flexibility index (Phi) is 6.10. The maximum absolute atomic E-state index is 14.4. The molecular weight excluding hydrogens is 382 g/mol. The average molecular weight is 400 g/mol. The Morgan fingerprint density at radius 1 is 1.32 bits per heavy atom. The second-order valence-corrected chi connectivity index (χ2v) is 6.09. The van der Waals surface area contributed by atoms with Crippen LogP contribution in [0.5, 0.6) is 5.88 Å². The summed E-state index contributed by atoms with van der Waals surface area (Å²) in [6.45, 7) is 0.316. The molecule has 1 atom stereocenters. The van der Waals surface area contributed by atoms with Gasteiger partial charge >= 0.3 is 18.0 Å². The number of amides is 1. The van der Waals surface area contributed by atoms with Gasteiger partial charge in [-0.3, -0.25) is 4.79 Å². The molecule has 10 heteroatoms. The van der Waals surface area contributed by atoms with E-state index in [9.17, 15) is 22.4 Å². The molecule has 0 aliphatic carbocycles. The summed E-state index contributed by atoms with van der Waals surface area (Å²) >= 11 is 0. The fourth-order valence-electron chi connectivity index (χ4n) is 2.63. The predicted octanol–water partition coefficient (Wildman–Crippen LogP) is 2.49. The molecule has 0 saturated carbocycles.